The second-order valence-electron chi connectivity index (χ2n) is 5.48. The van der Waals surface area contributed by atoms with E-state index in [0.29, 0.717) is 6.54 Å². The van der Waals surface area contributed by atoms with Crippen LogP contribution < -0.4 is 15.4 Å². The molecule has 0 radical (unpaired) electrons. The van der Waals surface area contributed by atoms with Gasteiger partial charge in [-0.2, -0.15) is 0 Å². The molecule has 0 unspecified atom stereocenters. The molecule has 0 amide bonds. The molecular formula is C17H25N3O. The summed E-state index contributed by atoms with van der Waals surface area (Å²) >= 11 is 0. The number of benzene rings is 1. The van der Waals surface area contributed by atoms with Crippen LogP contribution in [0.1, 0.15) is 31.0 Å². The molecule has 0 bridgehead atoms. The van der Waals surface area contributed by atoms with Crippen LogP contribution in [0, 0.1) is 6.92 Å². The summed E-state index contributed by atoms with van der Waals surface area (Å²) in [5.74, 6) is 0.857. The van der Waals surface area contributed by atoms with Crippen molar-refractivity contribution >= 4 is 16.6 Å². The van der Waals surface area contributed by atoms with Gasteiger partial charge >= 0.3 is 0 Å². The third kappa shape index (κ3) is 3.10. The van der Waals surface area contributed by atoms with Gasteiger partial charge in [0.05, 0.1) is 12.3 Å². The van der Waals surface area contributed by atoms with Crippen molar-refractivity contribution in [2.24, 2.45) is 5.73 Å². The Morgan fingerprint density at radius 2 is 2.05 bits per heavy atom. The number of rotatable bonds is 6. The Bertz CT molecular complexity index is 623. The highest BCUT2D eigenvalue weighted by molar-refractivity contribution is 5.97. The van der Waals surface area contributed by atoms with Crippen molar-refractivity contribution in [1.82, 2.24) is 4.98 Å². The van der Waals surface area contributed by atoms with Crippen molar-refractivity contribution in [3.63, 3.8) is 0 Å². The minimum Gasteiger partial charge on any atom is -0.491 e. The molecule has 0 spiro atoms. The lowest BCUT2D eigenvalue weighted by Crippen LogP contribution is -2.16. The van der Waals surface area contributed by atoms with Crippen molar-refractivity contribution in [1.29, 1.82) is 0 Å². The Balaban J connectivity index is 2.60. The molecule has 1 aromatic carbocycles. The van der Waals surface area contributed by atoms with Crippen LogP contribution in [0.25, 0.3) is 10.9 Å². The van der Waals surface area contributed by atoms with Crippen LogP contribution in [0.5, 0.6) is 5.75 Å². The van der Waals surface area contributed by atoms with Crippen LogP contribution in [0.2, 0.25) is 0 Å². The van der Waals surface area contributed by atoms with E-state index in [1.807, 2.05) is 33.2 Å². The van der Waals surface area contributed by atoms with Gasteiger partial charge in [0.1, 0.15) is 11.3 Å². The highest BCUT2D eigenvalue weighted by atomic mass is 16.5. The van der Waals surface area contributed by atoms with E-state index >= 15 is 0 Å². The summed E-state index contributed by atoms with van der Waals surface area (Å²) in [5, 5.41) is 1.10. The molecule has 0 aliphatic rings. The van der Waals surface area contributed by atoms with E-state index in [2.05, 4.69) is 17.9 Å². The third-order valence-electron chi connectivity index (χ3n) is 3.66. The second kappa shape index (κ2) is 6.76. The SMILES string of the molecule is CCCCOc1cccc2c(N(C)C)c(CN)c(C)nc12. The van der Waals surface area contributed by atoms with Gasteiger partial charge in [0, 0.05) is 37.3 Å². The Morgan fingerprint density at radius 3 is 2.67 bits per heavy atom. The lowest BCUT2D eigenvalue weighted by molar-refractivity contribution is 0.312. The van der Waals surface area contributed by atoms with Crippen LogP contribution >= 0.6 is 0 Å². The summed E-state index contributed by atoms with van der Waals surface area (Å²) in [7, 11) is 4.08. The summed E-state index contributed by atoms with van der Waals surface area (Å²) in [5.41, 5.74) is 10.0. The van der Waals surface area contributed by atoms with E-state index in [1.165, 1.54) is 0 Å². The van der Waals surface area contributed by atoms with E-state index in [1.54, 1.807) is 0 Å². The predicted molar refractivity (Wildman–Crippen MR) is 89.1 cm³/mol. The van der Waals surface area contributed by atoms with Gasteiger partial charge in [-0.05, 0) is 19.4 Å². The first-order chi connectivity index (χ1) is 10.1. The molecule has 1 heterocycles. The topological polar surface area (TPSA) is 51.4 Å². The molecule has 2 aromatic rings. The smallest absolute Gasteiger partial charge is 0.145 e. The lowest BCUT2D eigenvalue weighted by atomic mass is 10.0. The first-order valence-corrected chi connectivity index (χ1v) is 7.52. The molecule has 0 aliphatic carbocycles. The number of para-hydroxylation sites is 1. The molecule has 0 saturated heterocycles. The minimum atomic E-state index is 0.489. The molecule has 114 valence electrons. The van der Waals surface area contributed by atoms with E-state index in [-0.39, 0.29) is 0 Å². The fraction of sp³-hybridized carbons (Fsp3) is 0.471. The Morgan fingerprint density at radius 1 is 1.29 bits per heavy atom. The van der Waals surface area contributed by atoms with Gasteiger partial charge in [-0.25, -0.2) is 4.98 Å². The van der Waals surface area contributed by atoms with Crippen molar-refractivity contribution in [2.45, 2.75) is 33.2 Å². The predicted octanol–water partition coefficient (Wildman–Crippen LogP) is 3.25. The Hall–Kier alpha value is -1.81. The molecule has 2 N–H and O–H groups in total. The molecule has 4 nitrogen and oxygen atoms in total. The van der Waals surface area contributed by atoms with Crippen LogP contribution in [0.3, 0.4) is 0 Å². The summed E-state index contributed by atoms with van der Waals surface area (Å²) in [6, 6.07) is 6.10. The summed E-state index contributed by atoms with van der Waals surface area (Å²) in [6.45, 7) is 5.39. The van der Waals surface area contributed by atoms with Gasteiger partial charge in [0.2, 0.25) is 0 Å². The molecule has 4 heteroatoms. The second-order valence-corrected chi connectivity index (χ2v) is 5.48. The number of nitrogens with zero attached hydrogens (tertiary/aromatic N) is 2. The van der Waals surface area contributed by atoms with Crippen LogP contribution in [0.4, 0.5) is 5.69 Å². The largest absolute Gasteiger partial charge is 0.491 e. The number of hydrogen-bond acceptors (Lipinski definition) is 4. The van der Waals surface area contributed by atoms with Crippen LogP contribution in [-0.4, -0.2) is 25.7 Å². The zero-order chi connectivity index (χ0) is 15.4. The van der Waals surface area contributed by atoms with Gasteiger partial charge in [-0.1, -0.05) is 25.5 Å². The molecular weight excluding hydrogens is 262 g/mol. The fourth-order valence-corrected chi connectivity index (χ4v) is 2.60. The fourth-order valence-electron chi connectivity index (χ4n) is 2.60. The standard InChI is InChI=1S/C17H25N3O/c1-5-6-10-21-15-9-7-8-13-16(15)19-12(2)14(11-18)17(13)20(3)4/h7-9H,5-6,10-11,18H2,1-4H3. The van der Waals surface area contributed by atoms with E-state index < -0.39 is 0 Å². The minimum absolute atomic E-state index is 0.489. The summed E-state index contributed by atoms with van der Waals surface area (Å²) in [4.78, 5) is 6.84. The van der Waals surface area contributed by atoms with Crippen molar-refractivity contribution in [3.8, 4) is 5.75 Å². The van der Waals surface area contributed by atoms with Crippen LogP contribution in [-0.2, 0) is 6.54 Å². The van der Waals surface area contributed by atoms with Gasteiger partial charge in [-0.3, -0.25) is 0 Å². The number of unbranched alkanes of at least 4 members (excludes halogenated alkanes) is 1. The third-order valence-corrected chi connectivity index (χ3v) is 3.66. The van der Waals surface area contributed by atoms with Crippen LogP contribution in [0.15, 0.2) is 18.2 Å². The lowest BCUT2D eigenvalue weighted by Gasteiger charge is -2.21. The summed E-state index contributed by atoms with van der Waals surface area (Å²) in [6.07, 6.45) is 2.17. The van der Waals surface area contributed by atoms with Gasteiger partial charge < -0.3 is 15.4 Å². The van der Waals surface area contributed by atoms with E-state index in [4.69, 9.17) is 15.5 Å². The average molecular weight is 287 g/mol. The van der Waals surface area contributed by atoms with Gasteiger partial charge in [0.25, 0.3) is 0 Å². The number of nitrogens with two attached hydrogens (primary N) is 1. The maximum atomic E-state index is 5.92. The quantitative estimate of drug-likeness (QED) is 0.829. The zero-order valence-electron chi connectivity index (χ0n) is 13.4. The molecule has 1 aromatic heterocycles. The van der Waals surface area contributed by atoms with Gasteiger partial charge in [0.15, 0.2) is 0 Å². The van der Waals surface area contributed by atoms with Crippen molar-refractivity contribution < 1.29 is 4.74 Å². The molecule has 2 rings (SSSR count). The number of fused-ring (bicyclic) bond motifs is 1. The normalized spacial score (nSPS) is 10.9. The molecule has 21 heavy (non-hydrogen) atoms. The summed E-state index contributed by atoms with van der Waals surface area (Å²) < 4.78 is 5.91. The molecule has 0 fully saturated rings. The Labute approximate surface area is 126 Å². The molecule has 0 saturated carbocycles. The average Bonchev–Trinajstić information content (AvgIpc) is 2.46. The monoisotopic (exact) mass is 287 g/mol. The number of aromatic nitrogens is 1. The number of anilines is 1. The number of pyridine rings is 1. The van der Waals surface area contributed by atoms with E-state index in [0.717, 1.165) is 53.0 Å². The van der Waals surface area contributed by atoms with E-state index in [9.17, 15) is 0 Å². The number of hydrogen-bond donors (Lipinski definition) is 1. The molecule has 0 aliphatic heterocycles. The zero-order valence-corrected chi connectivity index (χ0v) is 13.4. The number of ether oxygens (including phenoxy) is 1. The van der Waals surface area contributed by atoms with Gasteiger partial charge in [-0.15, -0.1) is 0 Å². The molecule has 0 atom stereocenters. The highest BCUT2D eigenvalue weighted by Gasteiger charge is 2.15. The number of aryl methyl sites for hydroxylation is 1. The maximum absolute atomic E-state index is 5.92. The Kier molecular flexibility index (Phi) is 5.02. The first kappa shape index (κ1) is 15.6. The first-order valence-electron chi connectivity index (χ1n) is 7.52. The maximum Gasteiger partial charge on any atom is 0.145 e. The van der Waals surface area contributed by atoms with Crippen molar-refractivity contribution in [2.75, 3.05) is 25.6 Å². The van der Waals surface area contributed by atoms with Crippen molar-refractivity contribution in [3.05, 3.63) is 29.5 Å². The highest BCUT2D eigenvalue weighted by Crippen LogP contribution is 2.34.